The van der Waals surface area contributed by atoms with Gasteiger partial charge in [0.2, 0.25) is 0 Å². The maximum absolute atomic E-state index is 13.1. The Morgan fingerprint density at radius 3 is 2.55 bits per heavy atom. The molecule has 1 unspecified atom stereocenters. The quantitative estimate of drug-likeness (QED) is 0.375. The molecule has 1 fully saturated rings. The molecule has 3 heterocycles. The molecule has 38 heavy (non-hydrogen) atoms. The van der Waals surface area contributed by atoms with Crippen LogP contribution < -0.4 is 10.6 Å². The van der Waals surface area contributed by atoms with Crippen LogP contribution in [0.15, 0.2) is 79.1 Å². The largest absolute Gasteiger partial charge is 0.453 e. The van der Waals surface area contributed by atoms with Crippen molar-refractivity contribution in [1.29, 1.82) is 0 Å². The Morgan fingerprint density at radius 1 is 1.00 bits per heavy atom. The fourth-order valence-corrected chi connectivity index (χ4v) is 4.89. The van der Waals surface area contributed by atoms with Crippen LogP contribution in [0.25, 0.3) is 10.8 Å². The Balaban J connectivity index is 1.38. The van der Waals surface area contributed by atoms with Gasteiger partial charge < -0.3 is 20.3 Å². The summed E-state index contributed by atoms with van der Waals surface area (Å²) in [5, 5.41) is 8.69. The van der Waals surface area contributed by atoms with Crippen LogP contribution in [-0.2, 0) is 4.74 Å². The van der Waals surface area contributed by atoms with Gasteiger partial charge in [-0.2, -0.15) is 0 Å². The summed E-state index contributed by atoms with van der Waals surface area (Å²) in [7, 11) is 1.41. The standard InChI is InChI=1S/C30H31N5O3/c1-20-8-11-26(34-29(36)23-9-10-24-19-31-15-12-22(24)18-23)33-27(20)28(21-6-4-3-5-7-21)32-25-13-16-35(17-14-25)30(37)38-2/h3-12,15,18-19,25,28,32H,13-14,16-17H2,1-2H3,(H,33,34,36). The van der Waals surface area contributed by atoms with Gasteiger partial charge in [0.05, 0.1) is 18.8 Å². The number of benzene rings is 2. The van der Waals surface area contributed by atoms with Gasteiger partial charge in [-0.15, -0.1) is 0 Å². The molecule has 2 aromatic heterocycles. The van der Waals surface area contributed by atoms with Crippen LogP contribution in [0.3, 0.4) is 0 Å². The van der Waals surface area contributed by atoms with Gasteiger partial charge >= 0.3 is 6.09 Å². The zero-order chi connectivity index (χ0) is 26.5. The van der Waals surface area contributed by atoms with Crippen molar-refractivity contribution in [2.45, 2.75) is 31.8 Å². The number of likely N-dealkylation sites (tertiary alicyclic amines) is 1. The molecule has 0 bridgehead atoms. The number of anilines is 1. The Morgan fingerprint density at radius 2 is 1.79 bits per heavy atom. The zero-order valence-electron chi connectivity index (χ0n) is 21.6. The first-order chi connectivity index (χ1) is 18.5. The van der Waals surface area contributed by atoms with Gasteiger partial charge in [-0.1, -0.05) is 42.5 Å². The molecule has 0 saturated carbocycles. The average molecular weight is 510 g/mol. The highest BCUT2D eigenvalue weighted by Crippen LogP contribution is 2.27. The second kappa shape index (κ2) is 11.4. The van der Waals surface area contributed by atoms with E-state index in [9.17, 15) is 9.59 Å². The molecule has 8 nitrogen and oxygen atoms in total. The lowest BCUT2D eigenvalue weighted by Crippen LogP contribution is -2.46. The van der Waals surface area contributed by atoms with Gasteiger partial charge in [0, 0.05) is 42.5 Å². The maximum Gasteiger partial charge on any atom is 0.409 e. The molecule has 4 aromatic rings. The van der Waals surface area contributed by atoms with Crippen LogP contribution in [0.5, 0.6) is 0 Å². The Labute approximate surface area is 222 Å². The van der Waals surface area contributed by atoms with E-state index in [0.29, 0.717) is 24.5 Å². The predicted molar refractivity (Wildman–Crippen MR) is 147 cm³/mol. The number of methoxy groups -OCH3 is 1. The maximum atomic E-state index is 13.1. The van der Waals surface area contributed by atoms with E-state index < -0.39 is 0 Å². The molecule has 1 atom stereocenters. The Kier molecular flexibility index (Phi) is 7.60. The third kappa shape index (κ3) is 5.65. The van der Waals surface area contributed by atoms with Crippen LogP contribution in [0.4, 0.5) is 10.6 Å². The highest BCUT2D eigenvalue weighted by Gasteiger charge is 2.27. The van der Waals surface area contributed by atoms with Crippen LogP contribution >= 0.6 is 0 Å². The minimum atomic E-state index is -0.285. The number of ether oxygens (including phenoxy) is 1. The lowest BCUT2D eigenvalue weighted by molar-refractivity contribution is 0.102. The fourth-order valence-electron chi connectivity index (χ4n) is 4.89. The van der Waals surface area contributed by atoms with E-state index in [-0.39, 0.29) is 24.1 Å². The third-order valence-electron chi connectivity index (χ3n) is 7.02. The van der Waals surface area contributed by atoms with E-state index >= 15 is 0 Å². The fraction of sp³-hybridized carbons (Fsp3) is 0.267. The van der Waals surface area contributed by atoms with E-state index in [1.165, 1.54) is 7.11 Å². The molecule has 2 N–H and O–H groups in total. The molecule has 1 aliphatic heterocycles. The molecule has 8 heteroatoms. The topological polar surface area (TPSA) is 96.5 Å². The molecule has 2 aromatic carbocycles. The van der Waals surface area contributed by atoms with Crippen molar-refractivity contribution in [2.75, 3.05) is 25.5 Å². The van der Waals surface area contributed by atoms with Crippen LogP contribution in [-0.4, -0.2) is 53.1 Å². The number of amides is 2. The van der Waals surface area contributed by atoms with Gasteiger partial charge in [-0.05, 0) is 60.5 Å². The Hall–Kier alpha value is -4.30. The molecular formula is C30H31N5O3. The van der Waals surface area contributed by atoms with Gasteiger partial charge in [0.25, 0.3) is 5.91 Å². The number of piperidine rings is 1. The highest BCUT2D eigenvalue weighted by molar-refractivity contribution is 6.06. The summed E-state index contributed by atoms with van der Waals surface area (Å²) >= 11 is 0. The van der Waals surface area contributed by atoms with E-state index in [1.54, 1.807) is 23.4 Å². The molecule has 1 saturated heterocycles. The van der Waals surface area contributed by atoms with Crippen LogP contribution in [0.1, 0.15) is 46.1 Å². The van der Waals surface area contributed by atoms with E-state index in [2.05, 4.69) is 27.8 Å². The van der Waals surface area contributed by atoms with Crippen molar-refractivity contribution in [3.05, 3.63) is 102 Å². The Bertz CT molecular complexity index is 1430. The average Bonchev–Trinajstić information content (AvgIpc) is 2.97. The molecule has 0 radical (unpaired) electrons. The van der Waals surface area contributed by atoms with Crippen molar-refractivity contribution < 1.29 is 14.3 Å². The van der Waals surface area contributed by atoms with Crippen molar-refractivity contribution in [2.24, 2.45) is 0 Å². The normalized spacial score (nSPS) is 14.7. The second-order valence-corrected chi connectivity index (χ2v) is 9.53. The highest BCUT2D eigenvalue weighted by atomic mass is 16.5. The van der Waals surface area contributed by atoms with Crippen molar-refractivity contribution in [3.8, 4) is 0 Å². The first-order valence-electron chi connectivity index (χ1n) is 12.8. The molecule has 194 valence electrons. The summed E-state index contributed by atoms with van der Waals surface area (Å²) < 4.78 is 4.88. The summed E-state index contributed by atoms with van der Waals surface area (Å²) in [6.07, 6.45) is 4.83. The number of fused-ring (bicyclic) bond motifs is 1. The smallest absolute Gasteiger partial charge is 0.409 e. The number of nitrogens with one attached hydrogen (secondary N) is 2. The monoisotopic (exact) mass is 509 g/mol. The van der Waals surface area contributed by atoms with E-state index in [0.717, 1.165) is 40.4 Å². The number of aromatic nitrogens is 2. The van der Waals surface area contributed by atoms with Gasteiger partial charge in [-0.25, -0.2) is 9.78 Å². The molecule has 2 amide bonds. The number of hydrogen-bond acceptors (Lipinski definition) is 6. The van der Waals surface area contributed by atoms with Gasteiger partial charge in [-0.3, -0.25) is 9.78 Å². The van der Waals surface area contributed by atoms with Gasteiger partial charge in [0.15, 0.2) is 0 Å². The first-order valence-corrected chi connectivity index (χ1v) is 12.8. The molecule has 0 spiro atoms. The second-order valence-electron chi connectivity index (χ2n) is 9.53. The lowest BCUT2D eigenvalue weighted by Gasteiger charge is -2.34. The minimum absolute atomic E-state index is 0.170. The predicted octanol–water partition coefficient (Wildman–Crippen LogP) is 5.10. The van der Waals surface area contributed by atoms with Crippen molar-refractivity contribution in [3.63, 3.8) is 0 Å². The summed E-state index contributed by atoms with van der Waals surface area (Å²) in [4.78, 5) is 35.8. The van der Waals surface area contributed by atoms with E-state index in [4.69, 9.17) is 9.72 Å². The number of carbonyl (C=O) groups is 2. The van der Waals surface area contributed by atoms with Crippen molar-refractivity contribution in [1.82, 2.24) is 20.2 Å². The number of hydrogen-bond donors (Lipinski definition) is 2. The molecular weight excluding hydrogens is 478 g/mol. The number of carbonyl (C=O) groups excluding carboxylic acids is 2. The molecule has 5 rings (SSSR count). The third-order valence-corrected chi connectivity index (χ3v) is 7.02. The molecule has 1 aliphatic rings. The summed E-state index contributed by atoms with van der Waals surface area (Å²) in [5.41, 5.74) is 3.52. The summed E-state index contributed by atoms with van der Waals surface area (Å²) in [5.74, 6) is 0.277. The van der Waals surface area contributed by atoms with Crippen LogP contribution in [0.2, 0.25) is 0 Å². The summed E-state index contributed by atoms with van der Waals surface area (Å²) in [6, 6.07) is 21.5. The first kappa shape index (κ1) is 25.4. The summed E-state index contributed by atoms with van der Waals surface area (Å²) in [6.45, 7) is 3.30. The number of nitrogens with zero attached hydrogens (tertiary/aromatic N) is 3. The molecule has 0 aliphatic carbocycles. The zero-order valence-corrected chi connectivity index (χ0v) is 21.6. The number of pyridine rings is 2. The lowest BCUT2D eigenvalue weighted by atomic mass is 9.96. The van der Waals surface area contributed by atoms with Crippen molar-refractivity contribution >= 4 is 28.6 Å². The van der Waals surface area contributed by atoms with Gasteiger partial charge in [0.1, 0.15) is 5.82 Å². The van der Waals surface area contributed by atoms with Crippen LogP contribution in [0, 0.1) is 6.92 Å². The minimum Gasteiger partial charge on any atom is -0.453 e. The number of rotatable bonds is 6. The number of aryl methyl sites for hydroxylation is 1. The van der Waals surface area contributed by atoms with E-state index in [1.807, 2.05) is 55.5 Å². The SMILES string of the molecule is COC(=O)N1CCC(NC(c2ccccc2)c2nc(NC(=O)c3ccc4cnccc4c3)ccc2C)CC1.